The molecule has 2 aromatic carbocycles. The van der Waals surface area contributed by atoms with E-state index < -0.39 is 12.1 Å². The van der Waals surface area contributed by atoms with Crippen molar-refractivity contribution in [2.45, 2.75) is 13.0 Å². The Morgan fingerprint density at radius 2 is 1.94 bits per heavy atom. The normalized spacial score (nSPS) is 12.4. The average molecular weight is 230 g/mol. The molecule has 17 heavy (non-hydrogen) atoms. The summed E-state index contributed by atoms with van der Waals surface area (Å²) in [5, 5.41) is 11.9. The van der Waals surface area contributed by atoms with E-state index in [0.717, 1.165) is 10.8 Å². The number of carbonyl (C=O) groups is 1. The smallest absolute Gasteiger partial charge is 0.339 e. The second-order valence-corrected chi connectivity index (χ2v) is 3.76. The highest BCUT2D eigenvalue weighted by atomic mass is 16.5. The van der Waals surface area contributed by atoms with E-state index in [2.05, 4.69) is 0 Å². The van der Waals surface area contributed by atoms with Gasteiger partial charge in [-0.3, -0.25) is 0 Å². The number of esters is 1. The van der Waals surface area contributed by atoms with Gasteiger partial charge in [-0.15, -0.1) is 0 Å². The minimum Gasteiger partial charge on any atom is -0.464 e. The standard InChI is InChI=1S/C14H14O3/c1-2-17-14(16)13(15)12-8-7-10-5-3-4-6-11(10)9-12/h3-9,13,15H,2H2,1H3/t13-/m1/s1. The molecular formula is C14H14O3. The van der Waals surface area contributed by atoms with Gasteiger partial charge in [-0.2, -0.15) is 0 Å². The number of ether oxygens (including phenoxy) is 1. The summed E-state index contributed by atoms with van der Waals surface area (Å²) in [7, 11) is 0. The number of aliphatic hydroxyl groups excluding tert-OH is 1. The Hall–Kier alpha value is -1.87. The molecule has 3 nitrogen and oxygen atoms in total. The molecule has 1 atom stereocenters. The van der Waals surface area contributed by atoms with Gasteiger partial charge in [0.2, 0.25) is 0 Å². The first kappa shape index (κ1) is 11.6. The van der Waals surface area contributed by atoms with Crippen LogP contribution in [0.5, 0.6) is 0 Å². The van der Waals surface area contributed by atoms with E-state index in [1.807, 2.05) is 30.3 Å². The maximum Gasteiger partial charge on any atom is 0.339 e. The zero-order chi connectivity index (χ0) is 12.3. The van der Waals surface area contributed by atoms with Gasteiger partial charge in [-0.25, -0.2) is 4.79 Å². The highest BCUT2D eigenvalue weighted by molar-refractivity contribution is 5.85. The Morgan fingerprint density at radius 1 is 1.24 bits per heavy atom. The molecule has 0 saturated carbocycles. The lowest BCUT2D eigenvalue weighted by Crippen LogP contribution is -2.15. The maximum atomic E-state index is 11.4. The van der Waals surface area contributed by atoms with Crippen LogP contribution in [0.1, 0.15) is 18.6 Å². The van der Waals surface area contributed by atoms with Crippen LogP contribution >= 0.6 is 0 Å². The zero-order valence-electron chi connectivity index (χ0n) is 9.59. The summed E-state index contributed by atoms with van der Waals surface area (Å²) >= 11 is 0. The molecule has 0 unspecified atom stereocenters. The Balaban J connectivity index is 2.32. The lowest BCUT2D eigenvalue weighted by molar-refractivity contribution is -0.153. The zero-order valence-corrected chi connectivity index (χ0v) is 9.59. The summed E-state index contributed by atoms with van der Waals surface area (Å²) in [6.07, 6.45) is -1.21. The molecule has 0 saturated heterocycles. The van der Waals surface area contributed by atoms with E-state index >= 15 is 0 Å². The third-order valence-corrected chi connectivity index (χ3v) is 2.60. The lowest BCUT2D eigenvalue weighted by atomic mass is 10.0. The fourth-order valence-electron chi connectivity index (χ4n) is 1.74. The molecule has 3 heteroatoms. The molecule has 0 aliphatic carbocycles. The number of benzene rings is 2. The van der Waals surface area contributed by atoms with Crippen LogP contribution in [0, 0.1) is 0 Å². The lowest BCUT2D eigenvalue weighted by Gasteiger charge is -2.10. The van der Waals surface area contributed by atoms with Crippen LogP contribution in [-0.4, -0.2) is 17.7 Å². The second-order valence-electron chi connectivity index (χ2n) is 3.76. The molecular weight excluding hydrogens is 216 g/mol. The minimum absolute atomic E-state index is 0.267. The van der Waals surface area contributed by atoms with Crippen molar-refractivity contribution in [2.24, 2.45) is 0 Å². The number of aliphatic hydroxyl groups is 1. The second kappa shape index (κ2) is 4.97. The molecule has 88 valence electrons. The molecule has 0 amide bonds. The van der Waals surface area contributed by atoms with Gasteiger partial charge in [-0.05, 0) is 29.3 Å². The summed E-state index contributed by atoms with van der Waals surface area (Å²) in [5.41, 5.74) is 0.558. The predicted molar refractivity (Wildman–Crippen MR) is 65.5 cm³/mol. The van der Waals surface area contributed by atoms with E-state index in [-0.39, 0.29) is 6.61 Å². The van der Waals surface area contributed by atoms with Crippen molar-refractivity contribution in [3.63, 3.8) is 0 Å². The fourth-order valence-corrected chi connectivity index (χ4v) is 1.74. The van der Waals surface area contributed by atoms with Gasteiger partial charge in [0.15, 0.2) is 6.10 Å². The van der Waals surface area contributed by atoms with Gasteiger partial charge in [0, 0.05) is 0 Å². The summed E-state index contributed by atoms with van der Waals surface area (Å²) in [5.74, 6) is -0.609. The maximum absolute atomic E-state index is 11.4. The molecule has 0 aromatic heterocycles. The average Bonchev–Trinajstić information content (AvgIpc) is 2.37. The van der Waals surface area contributed by atoms with Crippen LogP contribution in [0.4, 0.5) is 0 Å². The molecule has 0 aliphatic rings. The van der Waals surface area contributed by atoms with Crippen LogP contribution in [0.15, 0.2) is 42.5 Å². The highest BCUT2D eigenvalue weighted by Crippen LogP contribution is 2.21. The van der Waals surface area contributed by atoms with E-state index in [1.54, 1.807) is 19.1 Å². The Kier molecular flexibility index (Phi) is 3.40. The van der Waals surface area contributed by atoms with Crippen LogP contribution in [-0.2, 0) is 9.53 Å². The molecule has 0 aliphatic heterocycles. The van der Waals surface area contributed by atoms with Gasteiger partial charge >= 0.3 is 5.97 Å². The van der Waals surface area contributed by atoms with Crippen molar-refractivity contribution in [1.29, 1.82) is 0 Å². The summed E-state index contributed by atoms with van der Waals surface area (Å²) < 4.78 is 4.78. The largest absolute Gasteiger partial charge is 0.464 e. The van der Waals surface area contributed by atoms with Crippen molar-refractivity contribution in [3.8, 4) is 0 Å². The number of hydrogen-bond acceptors (Lipinski definition) is 3. The van der Waals surface area contributed by atoms with Crippen LogP contribution in [0.25, 0.3) is 10.8 Å². The summed E-state index contributed by atoms with van der Waals surface area (Å²) in [6, 6.07) is 13.2. The molecule has 0 fully saturated rings. The van der Waals surface area contributed by atoms with Gasteiger partial charge in [0.1, 0.15) is 0 Å². The van der Waals surface area contributed by atoms with Crippen molar-refractivity contribution in [1.82, 2.24) is 0 Å². The Bertz CT molecular complexity index is 534. The molecule has 0 radical (unpaired) electrons. The first-order valence-corrected chi connectivity index (χ1v) is 5.55. The van der Waals surface area contributed by atoms with Gasteiger partial charge in [0.05, 0.1) is 6.61 Å². The number of carbonyl (C=O) groups excluding carboxylic acids is 1. The SMILES string of the molecule is CCOC(=O)[C@H](O)c1ccc2ccccc2c1. The van der Waals surface area contributed by atoms with Crippen molar-refractivity contribution in [2.75, 3.05) is 6.61 Å². The van der Waals surface area contributed by atoms with Gasteiger partial charge in [0.25, 0.3) is 0 Å². The Labute approximate surface area is 99.6 Å². The first-order chi connectivity index (χ1) is 8.22. The van der Waals surface area contributed by atoms with Crippen molar-refractivity contribution < 1.29 is 14.6 Å². The highest BCUT2D eigenvalue weighted by Gasteiger charge is 2.18. The van der Waals surface area contributed by atoms with Gasteiger partial charge < -0.3 is 9.84 Å². The van der Waals surface area contributed by atoms with E-state index in [1.165, 1.54) is 0 Å². The van der Waals surface area contributed by atoms with E-state index in [0.29, 0.717) is 5.56 Å². The number of rotatable bonds is 3. The number of fused-ring (bicyclic) bond motifs is 1. The van der Waals surface area contributed by atoms with E-state index in [4.69, 9.17) is 4.74 Å². The van der Waals surface area contributed by atoms with Crippen molar-refractivity contribution >= 4 is 16.7 Å². The van der Waals surface area contributed by atoms with Crippen LogP contribution in [0.2, 0.25) is 0 Å². The molecule has 1 N–H and O–H groups in total. The quantitative estimate of drug-likeness (QED) is 0.824. The van der Waals surface area contributed by atoms with Crippen LogP contribution < -0.4 is 0 Å². The van der Waals surface area contributed by atoms with E-state index in [9.17, 15) is 9.90 Å². The first-order valence-electron chi connectivity index (χ1n) is 5.55. The topological polar surface area (TPSA) is 46.5 Å². The van der Waals surface area contributed by atoms with Crippen LogP contribution in [0.3, 0.4) is 0 Å². The molecule has 0 spiro atoms. The molecule has 2 aromatic rings. The minimum atomic E-state index is -1.21. The molecule has 0 heterocycles. The summed E-state index contributed by atoms with van der Waals surface area (Å²) in [6.45, 7) is 1.98. The Morgan fingerprint density at radius 3 is 2.65 bits per heavy atom. The molecule has 2 rings (SSSR count). The fraction of sp³-hybridized carbons (Fsp3) is 0.214. The van der Waals surface area contributed by atoms with Crippen molar-refractivity contribution in [3.05, 3.63) is 48.0 Å². The van der Waals surface area contributed by atoms with Gasteiger partial charge in [-0.1, -0.05) is 36.4 Å². The third kappa shape index (κ3) is 2.45. The summed E-state index contributed by atoms with van der Waals surface area (Å²) in [4.78, 5) is 11.4. The monoisotopic (exact) mass is 230 g/mol. The predicted octanol–water partition coefficient (Wildman–Crippen LogP) is 2.44. The third-order valence-electron chi connectivity index (χ3n) is 2.60. The number of hydrogen-bond donors (Lipinski definition) is 1. The molecule has 0 bridgehead atoms.